The Balaban J connectivity index is 1.37. The van der Waals surface area contributed by atoms with Gasteiger partial charge >= 0.3 is 0 Å². The van der Waals surface area contributed by atoms with Gasteiger partial charge in [0.15, 0.2) is 0 Å². The van der Waals surface area contributed by atoms with E-state index in [1.165, 1.54) is 0 Å². The molecule has 2 heterocycles. The van der Waals surface area contributed by atoms with Crippen molar-refractivity contribution in [3.05, 3.63) is 46.8 Å². The first kappa shape index (κ1) is 17.1. The molecule has 1 saturated heterocycles. The number of aromatic hydroxyl groups is 1. The maximum Gasteiger partial charge on any atom is 0.290 e. The number of nitrogens with zero attached hydrogens (tertiary/aromatic N) is 2. The average molecular weight is 355 g/mol. The van der Waals surface area contributed by atoms with Crippen molar-refractivity contribution in [2.24, 2.45) is 0 Å². The number of phenols is 1. The van der Waals surface area contributed by atoms with Gasteiger partial charge in [-0.1, -0.05) is 17.3 Å². The zero-order valence-electron chi connectivity index (χ0n) is 14.9. The third-order valence-electron chi connectivity index (χ3n) is 5.32. The molecule has 2 aliphatic rings. The summed E-state index contributed by atoms with van der Waals surface area (Å²) in [5.41, 5.74) is 3.04. The second kappa shape index (κ2) is 7.50. The smallest absolute Gasteiger partial charge is 0.290 e. The predicted molar refractivity (Wildman–Crippen MR) is 97.0 cm³/mol. The Morgan fingerprint density at radius 2 is 2.19 bits per heavy atom. The number of rotatable bonds is 4. The number of fused-ring (bicyclic) bond motifs is 1. The Kier molecular flexibility index (Phi) is 4.93. The number of hydrogen-bond acceptors (Lipinski definition) is 5. The molecule has 2 N–H and O–H groups in total. The first-order chi connectivity index (χ1) is 12.7. The number of aromatic nitrogens is 1. The number of amides is 1. The molecule has 1 atom stereocenters. The third kappa shape index (κ3) is 3.75. The Morgan fingerprint density at radius 1 is 1.31 bits per heavy atom. The van der Waals surface area contributed by atoms with Gasteiger partial charge in [-0.3, -0.25) is 9.69 Å². The number of likely N-dealkylation sites (tertiary alicyclic amines) is 1. The number of benzene rings is 1. The van der Waals surface area contributed by atoms with Crippen molar-refractivity contribution >= 4 is 5.91 Å². The average Bonchev–Trinajstić information content (AvgIpc) is 3.06. The van der Waals surface area contributed by atoms with Crippen LogP contribution in [-0.4, -0.2) is 40.2 Å². The monoisotopic (exact) mass is 355 g/mol. The molecule has 0 bridgehead atoms. The normalized spacial score (nSPS) is 20.5. The van der Waals surface area contributed by atoms with Crippen LogP contribution in [0.5, 0.6) is 5.75 Å². The number of hydrogen-bond donors (Lipinski definition) is 2. The molecule has 1 fully saturated rings. The van der Waals surface area contributed by atoms with Crippen LogP contribution in [0.25, 0.3) is 0 Å². The zero-order valence-corrected chi connectivity index (χ0v) is 14.9. The van der Waals surface area contributed by atoms with E-state index in [9.17, 15) is 9.90 Å². The van der Waals surface area contributed by atoms with Crippen molar-refractivity contribution in [2.45, 2.75) is 51.1 Å². The minimum atomic E-state index is -0.134. The highest BCUT2D eigenvalue weighted by Crippen LogP contribution is 2.24. The highest BCUT2D eigenvalue weighted by Gasteiger charge is 2.27. The molecule has 26 heavy (non-hydrogen) atoms. The first-order valence-corrected chi connectivity index (χ1v) is 9.47. The molecule has 4 rings (SSSR count). The van der Waals surface area contributed by atoms with E-state index in [4.69, 9.17) is 4.52 Å². The summed E-state index contributed by atoms with van der Waals surface area (Å²) in [6.45, 7) is 2.58. The number of aryl methyl sites for hydroxylation is 1. The molecular formula is C20H25N3O3. The number of carbonyl (C=O) groups is 1. The number of phenolic OH excluding ortho intramolecular Hbond substituents is 1. The van der Waals surface area contributed by atoms with Gasteiger partial charge in [-0.05, 0) is 62.8 Å². The second-order valence-corrected chi connectivity index (χ2v) is 7.36. The van der Waals surface area contributed by atoms with Gasteiger partial charge in [0.2, 0.25) is 5.76 Å². The van der Waals surface area contributed by atoms with Crippen LogP contribution in [0.2, 0.25) is 0 Å². The first-order valence-electron chi connectivity index (χ1n) is 9.47. The number of nitrogens with one attached hydrogen (secondary N) is 1. The van der Waals surface area contributed by atoms with Crippen LogP contribution in [0.3, 0.4) is 0 Å². The summed E-state index contributed by atoms with van der Waals surface area (Å²) in [7, 11) is 0. The molecule has 1 amide bonds. The van der Waals surface area contributed by atoms with Gasteiger partial charge in [-0.25, -0.2) is 0 Å². The lowest BCUT2D eigenvalue weighted by molar-refractivity contribution is 0.0862. The van der Waals surface area contributed by atoms with E-state index in [0.717, 1.165) is 75.0 Å². The van der Waals surface area contributed by atoms with Crippen molar-refractivity contribution in [2.75, 3.05) is 13.1 Å². The zero-order chi connectivity index (χ0) is 17.9. The molecule has 2 aromatic rings. The summed E-state index contributed by atoms with van der Waals surface area (Å²) >= 11 is 0. The Labute approximate surface area is 153 Å². The summed E-state index contributed by atoms with van der Waals surface area (Å²) in [6, 6.07) is 7.46. The molecule has 0 radical (unpaired) electrons. The highest BCUT2D eigenvalue weighted by atomic mass is 16.5. The molecule has 1 aromatic heterocycles. The van der Waals surface area contributed by atoms with Crippen molar-refractivity contribution in [1.82, 2.24) is 15.4 Å². The van der Waals surface area contributed by atoms with Gasteiger partial charge < -0.3 is 14.9 Å². The molecule has 0 spiro atoms. The summed E-state index contributed by atoms with van der Waals surface area (Å²) in [6.07, 6.45) is 6.02. The van der Waals surface area contributed by atoms with E-state index >= 15 is 0 Å². The van der Waals surface area contributed by atoms with Crippen molar-refractivity contribution < 1.29 is 14.4 Å². The van der Waals surface area contributed by atoms with E-state index in [-0.39, 0.29) is 11.9 Å². The fraction of sp³-hybridized carbons (Fsp3) is 0.500. The van der Waals surface area contributed by atoms with Crippen molar-refractivity contribution in [3.63, 3.8) is 0 Å². The molecule has 1 unspecified atom stereocenters. The molecule has 1 aliphatic heterocycles. The minimum Gasteiger partial charge on any atom is -0.508 e. The topological polar surface area (TPSA) is 78.6 Å². The van der Waals surface area contributed by atoms with E-state index in [1.54, 1.807) is 12.1 Å². The van der Waals surface area contributed by atoms with Crippen LogP contribution in [0.4, 0.5) is 0 Å². The minimum absolute atomic E-state index is 0.109. The lowest BCUT2D eigenvalue weighted by atomic mass is 9.96. The predicted octanol–water partition coefficient (Wildman–Crippen LogP) is 2.65. The number of piperidine rings is 1. The maximum absolute atomic E-state index is 12.7. The van der Waals surface area contributed by atoms with E-state index < -0.39 is 0 Å². The SMILES string of the molecule is O=C(NC1CCCN(Cc2cccc(O)c2)C1)c1onc2c1CCCC2. The Bertz CT molecular complexity index is 786. The van der Waals surface area contributed by atoms with Crippen molar-refractivity contribution in [1.29, 1.82) is 0 Å². The van der Waals surface area contributed by atoms with Gasteiger partial charge in [-0.15, -0.1) is 0 Å². The van der Waals surface area contributed by atoms with Gasteiger partial charge in [0, 0.05) is 24.7 Å². The van der Waals surface area contributed by atoms with Crippen LogP contribution in [0.15, 0.2) is 28.8 Å². The van der Waals surface area contributed by atoms with E-state index in [1.807, 2.05) is 12.1 Å². The summed E-state index contributed by atoms with van der Waals surface area (Å²) in [5, 5.41) is 16.8. The Hall–Kier alpha value is -2.34. The molecule has 1 aromatic carbocycles. The van der Waals surface area contributed by atoms with E-state index in [0.29, 0.717) is 11.5 Å². The van der Waals surface area contributed by atoms with Gasteiger partial charge in [0.05, 0.1) is 5.69 Å². The summed E-state index contributed by atoms with van der Waals surface area (Å²) in [4.78, 5) is 15.0. The number of carbonyl (C=O) groups excluding carboxylic acids is 1. The van der Waals surface area contributed by atoms with Crippen LogP contribution in [0.1, 0.15) is 53.1 Å². The second-order valence-electron chi connectivity index (χ2n) is 7.36. The molecule has 0 saturated carbocycles. The van der Waals surface area contributed by atoms with Crippen LogP contribution < -0.4 is 5.32 Å². The molecular weight excluding hydrogens is 330 g/mol. The Morgan fingerprint density at radius 3 is 3.08 bits per heavy atom. The fourth-order valence-electron chi connectivity index (χ4n) is 4.05. The van der Waals surface area contributed by atoms with Crippen LogP contribution in [-0.2, 0) is 19.4 Å². The summed E-state index contributed by atoms with van der Waals surface area (Å²) in [5.74, 6) is 0.564. The summed E-state index contributed by atoms with van der Waals surface area (Å²) < 4.78 is 5.35. The lowest BCUT2D eigenvalue weighted by Gasteiger charge is -2.33. The lowest BCUT2D eigenvalue weighted by Crippen LogP contribution is -2.47. The van der Waals surface area contributed by atoms with Gasteiger partial charge in [-0.2, -0.15) is 0 Å². The molecule has 6 heteroatoms. The van der Waals surface area contributed by atoms with Crippen LogP contribution >= 0.6 is 0 Å². The largest absolute Gasteiger partial charge is 0.508 e. The maximum atomic E-state index is 12.7. The van der Waals surface area contributed by atoms with Gasteiger partial charge in [0.1, 0.15) is 5.75 Å². The molecule has 138 valence electrons. The molecule has 1 aliphatic carbocycles. The third-order valence-corrected chi connectivity index (χ3v) is 5.32. The highest BCUT2D eigenvalue weighted by molar-refractivity contribution is 5.93. The van der Waals surface area contributed by atoms with Crippen LogP contribution in [0, 0.1) is 0 Å². The standard InChI is InChI=1S/C20H25N3O3/c24-16-7-3-5-14(11-16)12-23-10-4-6-15(13-23)21-20(25)19-17-8-1-2-9-18(17)22-26-19/h3,5,7,11,15,24H,1-2,4,6,8-10,12-13H2,(H,21,25). The van der Waals surface area contributed by atoms with Gasteiger partial charge in [0.25, 0.3) is 5.91 Å². The fourth-order valence-corrected chi connectivity index (χ4v) is 4.05. The van der Waals surface area contributed by atoms with Crippen molar-refractivity contribution in [3.8, 4) is 5.75 Å². The molecule has 6 nitrogen and oxygen atoms in total. The van der Waals surface area contributed by atoms with E-state index in [2.05, 4.69) is 15.4 Å². The quantitative estimate of drug-likeness (QED) is 0.881.